The molecule has 1 aromatic carbocycles. The van der Waals surface area contributed by atoms with E-state index in [1.54, 1.807) is 12.5 Å². The van der Waals surface area contributed by atoms with Crippen LogP contribution in [0.4, 0.5) is 0 Å². The quantitative estimate of drug-likeness (QED) is 0.943. The number of ether oxygens (including phenoxy) is 1. The Labute approximate surface area is 142 Å². The fourth-order valence-corrected chi connectivity index (χ4v) is 3.95. The van der Waals surface area contributed by atoms with E-state index in [4.69, 9.17) is 4.74 Å². The standard InChI is InChI=1S/C19H23N3O2/c23-18(15-4-6-17(7-5-15)22-11-10-20-14-22)21-16-12-19(24-13-16)8-2-1-3-9-19/h4-7,10-11,14,16H,1-3,8-9,12-13H2,(H,21,23)/t16-/m1/s1. The third-order valence-corrected chi connectivity index (χ3v) is 5.24. The molecule has 2 aromatic rings. The molecule has 2 fully saturated rings. The highest BCUT2D eigenvalue weighted by Gasteiger charge is 2.41. The van der Waals surface area contributed by atoms with E-state index in [0.29, 0.717) is 12.2 Å². The number of imidazole rings is 1. The lowest BCUT2D eigenvalue weighted by atomic mass is 9.82. The molecular weight excluding hydrogens is 302 g/mol. The molecule has 24 heavy (non-hydrogen) atoms. The van der Waals surface area contributed by atoms with Gasteiger partial charge >= 0.3 is 0 Å². The number of benzene rings is 1. The van der Waals surface area contributed by atoms with Gasteiger partial charge in [-0.05, 0) is 43.5 Å². The van der Waals surface area contributed by atoms with E-state index in [9.17, 15) is 4.79 Å². The first-order valence-corrected chi connectivity index (χ1v) is 8.77. The van der Waals surface area contributed by atoms with E-state index >= 15 is 0 Å². The van der Waals surface area contributed by atoms with Gasteiger partial charge in [0.2, 0.25) is 0 Å². The minimum atomic E-state index is -0.0198. The number of aromatic nitrogens is 2. The zero-order chi connectivity index (χ0) is 16.4. The zero-order valence-corrected chi connectivity index (χ0v) is 13.8. The highest BCUT2D eigenvalue weighted by Crippen LogP contribution is 2.39. The molecule has 1 aromatic heterocycles. The van der Waals surface area contributed by atoms with Crippen molar-refractivity contribution in [3.8, 4) is 5.69 Å². The summed E-state index contributed by atoms with van der Waals surface area (Å²) in [5.74, 6) is -0.0198. The molecule has 1 spiro atoms. The first-order valence-electron chi connectivity index (χ1n) is 8.77. The summed E-state index contributed by atoms with van der Waals surface area (Å²) in [6.45, 7) is 0.638. The average Bonchev–Trinajstić information content (AvgIpc) is 3.27. The summed E-state index contributed by atoms with van der Waals surface area (Å²) in [5, 5.41) is 3.14. The van der Waals surface area contributed by atoms with Gasteiger partial charge in [-0.15, -0.1) is 0 Å². The number of hydrogen-bond donors (Lipinski definition) is 1. The van der Waals surface area contributed by atoms with Crippen LogP contribution in [-0.2, 0) is 4.74 Å². The van der Waals surface area contributed by atoms with Crippen LogP contribution in [0.5, 0.6) is 0 Å². The highest BCUT2D eigenvalue weighted by molar-refractivity contribution is 5.94. The Bertz CT molecular complexity index is 688. The Balaban J connectivity index is 1.38. The lowest BCUT2D eigenvalue weighted by Gasteiger charge is -2.32. The summed E-state index contributed by atoms with van der Waals surface area (Å²) in [4.78, 5) is 16.5. The average molecular weight is 325 g/mol. The van der Waals surface area contributed by atoms with Gasteiger partial charge in [0.1, 0.15) is 0 Å². The number of carbonyl (C=O) groups is 1. The van der Waals surface area contributed by atoms with Gasteiger partial charge in [0, 0.05) is 23.6 Å². The van der Waals surface area contributed by atoms with Gasteiger partial charge in [-0.3, -0.25) is 4.79 Å². The molecule has 0 bridgehead atoms. The SMILES string of the molecule is O=C(N[C@H]1COC2(CCCCC2)C1)c1ccc(-n2ccnc2)cc1. The summed E-state index contributed by atoms with van der Waals surface area (Å²) in [5.41, 5.74) is 1.71. The van der Waals surface area contributed by atoms with Crippen molar-refractivity contribution in [2.75, 3.05) is 6.61 Å². The van der Waals surface area contributed by atoms with Gasteiger partial charge < -0.3 is 14.6 Å². The third-order valence-electron chi connectivity index (χ3n) is 5.24. The molecule has 1 saturated carbocycles. The van der Waals surface area contributed by atoms with Crippen LogP contribution in [0, 0.1) is 0 Å². The Kier molecular flexibility index (Phi) is 4.10. The number of rotatable bonds is 3. The minimum absolute atomic E-state index is 0.0198. The summed E-state index contributed by atoms with van der Waals surface area (Å²) >= 11 is 0. The van der Waals surface area contributed by atoms with Crippen molar-refractivity contribution in [3.63, 3.8) is 0 Å². The molecule has 0 radical (unpaired) electrons. The second kappa shape index (κ2) is 6.40. The van der Waals surface area contributed by atoms with Gasteiger partial charge in [0.15, 0.2) is 0 Å². The topological polar surface area (TPSA) is 56.1 Å². The molecule has 1 N–H and O–H groups in total. The zero-order valence-electron chi connectivity index (χ0n) is 13.8. The van der Waals surface area contributed by atoms with Gasteiger partial charge in [-0.2, -0.15) is 0 Å². The Hall–Kier alpha value is -2.14. The molecule has 1 amide bonds. The molecule has 5 heteroatoms. The lowest BCUT2D eigenvalue weighted by molar-refractivity contribution is -0.0246. The summed E-state index contributed by atoms with van der Waals surface area (Å²) in [7, 11) is 0. The van der Waals surface area contributed by atoms with Gasteiger partial charge in [-0.1, -0.05) is 19.3 Å². The number of carbonyl (C=O) groups excluding carboxylic acids is 1. The van der Waals surface area contributed by atoms with E-state index in [0.717, 1.165) is 24.9 Å². The largest absolute Gasteiger partial charge is 0.373 e. The Morgan fingerprint density at radius 1 is 1.21 bits per heavy atom. The van der Waals surface area contributed by atoms with Crippen LogP contribution in [0.2, 0.25) is 0 Å². The van der Waals surface area contributed by atoms with Crippen LogP contribution in [0.3, 0.4) is 0 Å². The van der Waals surface area contributed by atoms with Crippen molar-refractivity contribution in [2.45, 2.75) is 50.2 Å². The Morgan fingerprint density at radius 3 is 2.71 bits per heavy atom. The molecule has 126 valence electrons. The third kappa shape index (κ3) is 3.08. The maximum absolute atomic E-state index is 12.5. The maximum Gasteiger partial charge on any atom is 0.251 e. The predicted octanol–water partition coefficient (Wildman–Crippen LogP) is 3.09. The van der Waals surface area contributed by atoms with Crippen LogP contribution in [-0.4, -0.2) is 33.7 Å². The van der Waals surface area contributed by atoms with Crippen LogP contribution in [0.1, 0.15) is 48.9 Å². The number of amides is 1. The van der Waals surface area contributed by atoms with E-state index in [-0.39, 0.29) is 17.6 Å². The van der Waals surface area contributed by atoms with Crippen molar-refractivity contribution in [1.82, 2.24) is 14.9 Å². The fourth-order valence-electron chi connectivity index (χ4n) is 3.95. The van der Waals surface area contributed by atoms with E-state index in [2.05, 4.69) is 10.3 Å². The first kappa shape index (κ1) is 15.4. The van der Waals surface area contributed by atoms with Crippen LogP contribution in [0.25, 0.3) is 5.69 Å². The summed E-state index contributed by atoms with van der Waals surface area (Å²) in [6.07, 6.45) is 12.4. The van der Waals surface area contributed by atoms with Crippen molar-refractivity contribution in [1.29, 1.82) is 0 Å². The number of hydrogen-bond acceptors (Lipinski definition) is 3. The smallest absolute Gasteiger partial charge is 0.251 e. The van der Waals surface area contributed by atoms with E-state index < -0.39 is 0 Å². The molecule has 0 unspecified atom stereocenters. The lowest BCUT2D eigenvalue weighted by Crippen LogP contribution is -2.37. The van der Waals surface area contributed by atoms with Gasteiger partial charge in [0.25, 0.3) is 5.91 Å². The van der Waals surface area contributed by atoms with Crippen molar-refractivity contribution >= 4 is 5.91 Å². The first-order chi connectivity index (χ1) is 11.7. The molecule has 2 heterocycles. The van der Waals surface area contributed by atoms with Crippen LogP contribution >= 0.6 is 0 Å². The summed E-state index contributed by atoms with van der Waals surface area (Å²) in [6, 6.07) is 7.71. The van der Waals surface area contributed by atoms with E-state index in [1.165, 1.54) is 19.3 Å². The molecule has 5 nitrogen and oxygen atoms in total. The van der Waals surface area contributed by atoms with Crippen molar-refractivity contribution < 1.29 is 9.53 Å². The van der Waals surface area contributed by atoms with E-state index in [1.807, 2.05) is 35.0 Å². The maximum atomic E-state index is 12.5. The van der Waals surface area contributed by atoms with Crippen molar-refractivity contribution in [2.24, 2.45) is 0 Å². The van der Waals surface area contributed by atoms with Gasteiger partial charge in [0.05, 0.1) is 24.6 Å². The molecule has 1 saturated heterocycles. The van der Waals surface area contributed by atoms with Crippen LogP contribution in [0.15, 0.2) is 43.0 Å². The van der Waals surface area contributed by atoms with Crippen molar-refractivity contribution in [3.05, 3.63) is 48.5 Å². The second-order valence-corrected chi connectivity index (χ2v) is 6.95. The minimum Gasteiger partial charge on any atom is -0.373 e. The molecule has 1 aliphatic heterocycles. The number of nitrogens with one attached hydrogen (secondary N) is 1. The second-order valence-electron chi connectivity index (χ2n) is 6.95. The fraction of sp³-hybridized carbons (Fsp3) is 0.474. The normalized spacial score (nSPS) is 22.6. The van der Waals surface area contributed by atoms with Gasteiger partial charge in [-0.25, -0.2) is 4.98 Å². The molecule has 1 atom stereocenters. The number of nitrogens with zero attached hydrogens (tertiary/aromatic N) is 2. The molecule has 2 aliphatic rings. The molecule has 1 aliphatic carbocycles. The van der Waals surface area contributed by atoms with Crippen LogP contribution < -0.4 is 5.32 Å². The molecule has 4 rings (SSSR count). The molecular formula is C19H23N3O2. The Morgan fingerprint density at radius 2 is 2.00 bits per heavy atom. The summed E-state index contributed by atoms with van der Waals surface area (Å²) < 4.78 is 7.99. The monoisotopic (exact) mass is 325 g/mol. The highest BCUT2D eigenvalue weighted by atomic mass is 16.5. The predicted molar refractivity (Wildman–Crippen MR) is 91.2 cm³/mol.